The van der Waals surface area contributed by atoms with Crippen LogP contribution in [0.3, 0.4) is 0 Å². The minimum Gasteiger partial charge on any atom is -0.481 e. The number of carboxylic acids is 2. The molecule has 0 heterocycles. The van der Waals surface area contributed by atoms with E-state index in [0.717, 1.165) is 12.8 Å². The zero-order valence-corrected chi connectivity index (χ0v) is 17.5. The molecule has 0 aliphatic rings. The van der Waals surface area contributed by atoms with Gasteiger partial charge in [-0.1, -0.05) is 13.3 Å². The molecule has 9 heteroatoms. The number of carbonyl (C=O) groups is 2. The van der Waals surface area contributed by atoms with E-state index in [0.29, 0.717) is 45.4 Å². The summed E-state index contributed by atoms with van der Waals surface area (Å²) >= 11 is 0. The quantitative estimate of drug-likeness (QED) is 0.363. The monoisotopic (exact) mass is 393 g/mol. The highest BCUT2D eigenvalue weighted by molar-refractivity contribution is 6.60. The molecule has 26 heavy (non-hydrogen) atoms. The van der Waals surface area contributed by atoms with Crippen LogP contribution >= 0.6 is 0 Å². The molecule has 0 spiro atoms. The fourth-order valence-electron chi connectivity index (χ4n) is 2.82. The van der Waals surface area contributed by atoms with E-state index in [-0.39, 0.29) is 0 Å². The second-order valence-electron chi connectivity index (χ2n) is 5.93. The van der Waals surface area contributed by atoms with E-state index in [4.69, 9.17) is 18.4 Å². The van der Waals surface area contributed by atoms with Gasteiger partial charge in [0, 0.05) is 25.9 Å². The van der Waals surface area contributed by atoms with E-state index in [1.54, 1.807) is 4.90 Å². The van der Waals surface area contributed by atoms with Crippen molar-refractivity contribution in [1.29, 1.82) is 0 Å². The van der Waals surface area contributed by atoms with E-state index in [1.807, 2.05) is 27.7 Å². The number of hydrogen-bond donors (Lipinski definition) is 2. The van der Waals surface area contributed by atoms with Gasteiger partial charge in [0.15, 0.2) is 0 Å². The molecular formula is C17H35NO7Si. The minimum atomic E-state index is -2.78. The maximum absolute atomic E-state index is 11.5. The molecule has 0 bridgehead atoms. The molecule has 0 radical (unpaired) electrons. The molecule has 0 aliphatic carbocycles. The first-order valence-corrected chi connectivity index (χ1v) is 11.4. The van der Waals surface area contributed by atoms with Gasteiger partial charge in [0.2, 0.25) is 0 Å². The lowest BCUT2D eigenvalue weighted by molar-refractivity contribution is -0.149. The Labute approximate surface area is 157 Å². The van der Waals surface area contributed by atoms with Crippen molar-refractivity contribution in [3.05, 3.63) is 0 Å². The van der Waals surface area contributed by atoms with Crippen molar-refractivity contribution >= 4 is 20.7 Å². The van der Waals surface area contributed by atoms with E-state index in [2.05, 4.69) is 0 Å². The molecule has 0 aromatic rings. The van der Waals surface area contributed by atoms with Gasteiger partial charge in [0.1, 0.15) is 6.04 Å². The lowest BCUT2D eigenvalue weighted by Gasteiger charge is -2.31. The Balaban J connectivity index is 5.02. The standard InChI is InChI=1S/C17H35NO7Si/c1-5-9-11-18(15(17(21)22)14-16(19)20)12-10-13-26(23-6-2,24-7-3)25-8-4/h15H,5-14H2,1-4H3,(H,19,20)(H,21,22)/t15-/m0/s1. The number of aliphatic carboxylic acids is 2. The summed E-state index contributed by atoms with van der Waals surface area (Å²) in [6, 6.07) is -0.453. The van der Waals surface area contributed by atoms with Gasteiger partial charge in [-0.2, -0.15) is 0 Å². The van der Waals surface area contributed by atoms with Crippen LogP contribution in [0.4, 0.5) is 0 Å². The second kappa shape index (κ2) is 14.1. The average Bonchev–Trinajstić information content (AvgIpc) is 2.56. The van der Waals surface area contributed by atoms with Gasteiger partial charge < -0.3 is 23.5 Å². The van der Waals surface area contributed by atoms with Crippen LogP contribution < -0.4 is 0 Å². The van der Waals surface area contributed by atoms with Crippen molar-refractivity contribution in [2.24, 2.45) is 0 Å². The Morgan fingerprint density at radius 3 is 1.81 bits per heavy atom. The number of nitrogens with zero attached hydrogens (tertiary/aromatic N) is 1. The predicted molar refractivity (Wildman–Crippen MR) is 100 cm³/mol. The van der Waals surface area contributed by atoms with E-state index >= 15 is 0 Å². The highest BCUT2D eigenvalue weighted by Crippen LogP contribution is 2.19. The first kappa shape index (κ1) is 25.0. The van der Waals surface area contributed by atoms with Crippen molar-refractivity contribution in [2.75, 3.05) is 32.9 Å². The summed E-state index contributed by atoms with van der Waals surface area (Å²) in [5.74, 6) is -2.22. The maximum Gasteiger partial charge on any atom is 0.500 e. The van der Waals surface area contributed by atoms with Crippen LogP contribution in [0.15, 0.2) is 0 Å². The van der Waals surface area contributed by atoms with Crippen LogP contribution in [-0.4, -0.2) is 74.8 Å². The maximum atomic E-state index is 11.5. The summed E-state index contributed by atoms with van der Waals surface area (Å²) in [4.78, 5) is 24.3. The van der Waals surface area contributed by atoms with Crippen LogP contribution in [0.5, 0.6) is 0 Å². The van der Waals surface area contributed by atoms with Crippen molar-refractivity contribution in [2.45, 2.75) is 65.5 Å². The Bertz CT molecular complexity index is 392. The fraction of sp³-hybridized carbons (Fsp3) is 0.882. The van der Waals surface area contributed by atoms with Crippen LogP contribution in [0, 0.1) is 0 Å². The summed E-state index contributed by atoms with van der Waals surface area (Å²) < 4.78 is 17.4. The van der Waals surface area contributed by atoms with Crippen molar-refractivity contribution in [3.63, 3.8) is 0 Å². The Kier molecular flexibility index (Phi) is 13.6. The Morgan fingerprint density at radius 2 is 1.42 bits per heavy atom. The summed E-state index contributed by atoms with van der Waals surface area (Å²) in [5, 5.41) is 18.5. The zero-order chi connectivity index (χ0) is 20.0. The van der Waals surface area contributed by atoms with Gasteiger partial charge in [-0.25, -0.2) is 0 Å². The Hall–Kier alpha value is -1.00. The number of unbranched alkanes of at least 4 members (excludes halogenated alkanes) is 1. The molecule has 0 fully saturated rings. The predicted octanol–water partition coefficient (Wildman–Crippen LogP) is 2.45. The second-order valence-corrected chi connectivity index (χ2v) is 8.66. The van der Waals surface area contributed by atoms with Crippen LogP contribution in [0.1, 0.15) is 53.4 Å². The number of hydrogen-bond acceptors (Lipinski definition) is 6. The molecular weight excluding hydrogens is 358 g/mol. The third-order valence-electron chi connectivity index (χ3n) is 3.91. The Morgan fingerprint density at radius 1 is 0.923 bits per heavy atom. The highest BCUT2D eigenvalue weighted by atomic mass is 28.4. The van der Waals surface area contributed by atoms with Gasteiger partial charge >= 0.3 is 20.7 Å². The fourth-order valence-corrected chi connectivity index (χ4v) is 5.42. The van der Waals surface area contributed by atoms with Crippen LogP contribution in [-0.2, 0) is 22.9 Å². The lowest BCUT2D eigenvalue weighted by atomic mass is 10.1. The molecule has 0 rings (SSSR count). The SMILES string of the molecule is CCCCN(CCC[Si](OCC)(OCC)OCC)[C@@H](CC(=O)O)C(=O)O. The van der Waals surface area contributed by atoms with Crippen LogP contribution in [0.2, 0.25) is 6.04 Å². The molecule has 0 aromatic heterocycles. The molecule has 1 atom stereocenters. The summed E-state index contributed by atoms with van der Waals surface area (Å²) in [7, 11) is -2.78. The van der Waals surface area contributed by atoms with Gasteiger partial charge in [-0.05, 0) is 46.7 Å². The molecule has 0 saturated carbocycles. The third kappa shape index (κ3) is 9.63. The highest BCUT2D eigenvalue weighted by Gasteiger charge is 2.40. The molecule has 0 amide bonds. The summed E-state index contributed by atoms with van der Waals surface area (Å²) in [6.07, 6.45) is 1.93. The first-order chi connectivity index (χ1) is 12.4. The molecule has 8 nitrogen and oxygen atoms in total. The van der Waals surface area contributed by atoms with E-state index in [1.165, 1.54) is 0 Å². The molecule has 0 unspecified atom stereocenters. The van der Waals surface area contributed by atoms with E-state index < -0.39 is 33.2 Å². The number of carboxylic acid groups (broad SMARTS) is 2. The minimum absolute atomic E-state index is 0.413. The zero-order valence-electron chi connectivity index (χ0n) is 16.5. The average molecular weight is 394 g/mol. The van der Waals surface area contributed by atoms with E-state index in [9.17, 15) is 14.7 Å². The van der Waals surface area contributed by atoms with Gasteiger partial charge in [0.05, 0.1) is 6.42 Å². The summed E-state index contributed by atoms with van der Waals surface area (Å²) in [5.41, 5.74) is 0. The largest absolute Gasteiger partial charge is 0.500 e. The molecule has 154 valence electrons. The number of rotatable bonds is 17. The third-order valence-corrected chi connectivity index (χ3v) is 7.07. The topological polar surface area (TPSA) is 106 Å². The molecule has 2 N–H and O–H groups in total. The van der Waals surface area contributed by atoms with Crippen molar-refractivity contribution in [3.8, 4) is 0 Å². The van der Waals surface area contributed by atoms with Gasteiger partial charge in [-0.15, -0.1) is 0 Å². The van der Waals surface area contributed by atoms with Crippen molar-refractivity contribution in [1.82, 2.24) is 4.90 Å². The van der Waals surface area contributed by atoms with Crippen LogP contribution in [0.25, 0.3) is 0 Å². The smallest absolute Gasteiger partial charge is 0.481 e. The molecule has 0 aromatic carbocycles. The normalized spacial score (nSPS) is 13.1. The van der Waals surface area contributed by atoms with Gasteiger partial charge in [0.25, 0.3) is 0 Å². The molecule has 0 aliphatic heterocycles. The van der Waals surface area contributed by atoms with Gasteiger partial charge in [-0.3, -0.25) is 14.5 Å². The molecule has 0 saturated heterocycles. The van der Waals surface area contributed by atoms with Crippen molar-refractivity contribution < 1.29 is 33.1 Å². The first-order valence-electron chi connectivity index (χ1n) is 9.46. The lowest BCUT2D eigenvalue weighted by Crippen LogP contribution is -2.48. The summed E-state index contributed by atoms with van der Waals surface area (Å²) in [6.45, 7) is 10.2.